The van der Waals surface area contributed by atoms with Crippen molar-refractivity contribution >= 4 is 23.4 Å². The molecule has 0 N–H and O–H groups in total. The third kappa shape index (κ3) is 2.91. The molecule has 3 nitrogen and oxygen atoms in total. The Bertz CT molecular complexity index is 441. The number of rotatable bonds is 2. The lowest BCUT2D eigenvalue weighted by molar-refractivity contribution is 0.858. The van der Waals surface area contributed by atoms with E-state index in [9.17, 15) is 0 Å². The summed E-state index contributed by atoms with van der Waals surface area (Å²) in [5.74, 6) is 0.633. The van der Waals surface area contributed by atoms with Crippen LogP contribution in [0.25, 0.3) is 0 Å². The molecule has 2 rings (SSSR count). The average molecular weight is 238 g/mol. The number of aromatic nitrogens is 3. The van der Waals surface area contributed by atoms with Gasteiger partial charge in [-0.2, -0.15) is 4.98 Å². The molecule has 1 heterocycles. The van der Waals surface area contributed by atoms with Gasteiger partial charge in [-0.25, -0.2) is 9.97 Å². The molecule has 0 spiro atoms. The molecule has 2 aromatic rings. The van der Waals surface area contributed by atoms with Crippen LogP contribution in [0.1, 0.15) is 5.82 Å². The topological polar surface area (TPSA) is 38.7 Å². The predicted molar refractivity (Wildman–Crippen MR) is 60.1 cm³/mol. The first-order valence-corrected chi connectivity index (χ1v) is 5.54. The third-order valence-electron chi connectivity index (χ3n) is 1.65. The first kappa shape index (κ1) is 10.4. The largest absolute Gasteiger partial charge is 0.226 e. The van der Waals surface area contributed by atoms with E-state index in [2.05, 4.69) is 15.0 Å². The Balaban J connectivity index is 2.25. The zero-order valence-corrected chi connectivity index (χ0v) is 9.59. The highest BCUT2D eigenvalue weighted by Crippen LogP contribution is 2.24. The molecular weight excluding hydrogens is 230 g/mol. The zero-order chi connectivity index (χ0) is 10.7. The second kappa shape index (κ2) is 4.59. The minimum Gasteiger partial charge on any atom is -0.207 e. The van der Waals surface area contributed by atoms with Crippen LogP contribution < -0.4 is 0 Å². The van der Waals surface area contributed by atoms with Crippen molar-refractivity contribution in [1.29, 1.82) is 0 Å². The smallest absolute Gasteiger partial charge is 0.207 e. The van der Waals surface area contributed by atoms with Crippen molar-refractivity contribution in [3.05, 3.63) is 41.4 Å². The van der Waals surface area contributed by atoms with Gasteiger partial charge >= 0.3 is 0 Å². The van der Waals surface area contributed by atoms with Crippen LogP contribution in [0.4, 0.5) is 0 Å². The third-order valence-corrected chi connectivity index (χ3v) is 2.69. The maximum Gasteiger partial charge on any atom is 0.226 e. The van der Waals surface area contributed by atoms with Gasteiger partial charge in [0.05, 0.1) is 0 Å². The van der Waals surface area contributed by atoms with Crippen molar-refractivity contribution in [3.63, 3.8) is 0 Å². The highest BCUT2D eigenvalue weighted by atomic mass is 35.5. The summed E-state index contributed by atoms with van der Waals surface area (Å²) < 4.78 is 0. The van der Waals surface area contributed by atoms with Gasteiger partial charge in [0.15, 0.2) is 5.16 Å². The molecule has 0 atom stereocenters. The first-order valence-electron chi connectivity index (χ1n) is 4.35. The summed E-state index contributed by atoms with van der Waals surface area (Å²) in [6.45, 7) is 1.79. The van der Waals surface area contributed by atoms with Crippen LogP contribution in [0.5, 0.6) is 0 Å². The summed E-state index contributed by atoms with van der Waals surface area (Å²) in [7, 11) is 0. The standard InChI is InChI=1S/C10H8ClN3S/c1-7-12-9(11)14-10(13-7)15-8-5-3-2-4-6-8/h2-6H,1H3. The van der Waals surface area contributed by atoms with E-state index in [-0.39, 0.29) is 5.28 Å². The van der Waals surface area contributed by atoms with Crippen molar-refractivity contribution in [2.24, 2.45) is 0 Å². The molecule has 0 amide bonds. The summed E-state index contributed by atoms with van der Waals surface area (Å²) in [5, 5.41) is 0.861. The van der Waals surface area contributed by atoms with E-state index in [4.69, 9.17) is 11.6 Å². The molecule has 0 bridgehead atoms. The van der Waals surface area contributed by atoms with Gasteiger partial charge in [0, 0.05) is 4.90 Å². The van der Waals surface area contributed by atoms with Gasteiger partial charge in [0.2, 0.25) is 5.28 Å². The summed E-state index contributed by atoms with van der Waals surface area (Å²) >= 11 is 7.21. The Hall–Kier alpha value is -1.13. The molecule has 0 aliphatic rings. The molecule has 0 unspecified atom stereocenters. The first-order chi connectivity index (χ1) is 7.24. The Morgan fingerprint density at radius 1 is 1.07 bits per heavy atom. The van der Waals surface area contributed by atoms with E-state index in [0.29, 0.717) is 11.0 Å². The minimum absolute atomic E-state index is 0.237. The summed E-state index contributed by atoms with van der Waals surface area (Å²) in [6, 6.07) is 9.90. The number of nitrogens with zero attached hydrogens (tertiary/aromatic N) is 3. The molecule has 0 radical (unpaired) electrons. The Labute approximate surface area is 96.9 Å². The van der Waals surface area contributed by atoms with E-state index in [1.807, 2.05) is 30.3 Å². The van der Waals surface area contributed by atoms with Crippen LogP contribution in [0.3, 0.4) is 0 Å². The predicted octanol–water partition coefficient (Wildman–Crippen LogP) is 2.98. The normalized spacial score (nSPS) is 10.3. The van der Waals surface area contributed by atoms with Crippen LogP contribution in [0, 0.1) is 6.92 Å². The highest BCUT2D eigenvalue weighted by Gasteiger charge is 2.03. The van der Waals surface area contributed by atoms with Crippen LogP contribution in [0.2, 0.25) is 5.28 Å². The van der Waals surface area contributed by atoms with E-state index < -0.39 is 0 Å². The van der Waals surface area contributed by atoms with Gasteiger partial charge in [-0.15, -0.1) is 0 Å². The second-order valence-electron chi connectivity index (χ2n) is 2.85. The summed E-state index contributed by atoms with van der Waals surface area (Å²) in [5.41, 5.74) is 0. The van der Waals surface area contributed by atoms with E-state index in [0.717, 1.165) is 4.90 Å². The SMILES string of the molecule is Cc1nc(Cl)nc(Sc2ccccc2)n1. The van der Waals surface area contributed by atoms with Gasteiger partial charge in [-0.05, 0) is 42.4 Å². The summed E-state index contributed by atoms with van der Waals surface area (Å²) in [6.07, 6.45) is 0. The Morgan fingerprint density at radius 2 is 1.80 bits per heavy atom. The molecule has 1 aromatic carbocycles. The monoisotopic (exact) mass is 237 g/mol. The van der Waals surface area contributed by atoms with Crippen molar-refractivity contribution in [2.45, 2.75) is 17.0 Å². The molecule has 76 valence electrons. The summed E-state index contributed by atoms with van der Waals surface area (Å²) in [4.78, 5) is 13.2. The molecule has 0 aliphatic carbocycles. The lowest BCUT2D eigenvalue weighted by atomic mass is 10.4. The molecule has 1 aromatic heterocycles. The molecule has 5 heteroatoms. The lowest BCUT2D eigenvalue weighted by Crippen LogP contribution is -1.94. The molecule has 0 fully saturated rings. The van der Waals surface area contributed by atoms with Gasteiger partial charge in [-0.1, -0.05) is 18.2 Å². The average Bonchev–Trinajstić information content (AvgIpc) is 2.17. The fourth-order valence-electron chi connectivity index (χ4n) is 1.07. The van der Waals surface area contributed by atoms with Gasteiger partial charge < -0.3 is 0 Å². The zero-order valence-electron chi connectivity index (χ0n) is 8.01. The molecule has 0 saturated carbocycles. The van der Waals surface area contributed by atoms with Crippen LogP contribution in [-0.4, -0.2) is 15.0 Å². The van der Waals surface area contributed by atoms with Crippen LogP contribution >= 0.6 is 23.4 Å². The fraction of sp³-hybridized carbons (Fsp3) is 0.100. The maximum atomic E-state index is 5.74. The number of benzene rings is 1. The van der Waals surface area contributed by atoms with Crippen molar-refractivity contribution < 1.29 is 0 Å². The molecule has 0 aliphatic heterocycles. The molecule has 15 heavy (non-hydrogen) atoms. The number of hydrogen-bond donors (Lipinski definition) is 0. The second-order valence-corrected chi connectivity index (χ2v) is 4.23. The Morgan fingerprint density at radius 3 is 2.47 bits per heavy atom. The van der Waals surface area contributed by atoms with E-state index in [1.165, 1.54) is 11.8 Å². The number of halogens is 1. The van der Waals surface area contributed by atoms with E-state index in [1.54, 1.807) is 6.92 Å². The van der Waals surface area contributed by atoms with Gasteiger partial charge in [0.25, 0.3) is 0 Å². The molecular formula is C10H8ClN3S. The van der Waals surface area contributed by atoms with Crippen molar-refractivity contribution in [1.82, 2.24) is 15.0 Å². The highest BCUT2D eigenvalue weighted by molar-refractivity contribution is 7.99. The van der Waals surface area contributed by atoms with Crippen LogP contribution in [-0.2, 0) is 0 Å². The van der Waals surface area contributed by atoms with E-state index >= 15 is 0 Å². The fourth-order valence-corrected chi connectivity index (χ4v) is 2.13. The quantitative estimate of drug-likeness (QED) is 0.805. The number of hydrogen-bond acceptors (Lipinski definition) is 4. The molecule has 0 saturated heterocycles. The number of aryl methyl sites for hydroxylation is 1. The van der Waals surface area contributed by atoms with Crippen molar-refractivity contribution in [3.8, 4) is 0 Å². The van der Waals surface area contributed by atoms with Crippen LogP contribution in [0.15, 0.2) is 40.4 Å². The van der Waals surface area contributed by atoms with Gasteiger partial charge in [-0.3, -0.25) is 0 Å². The Kier molecular flexibility index (Phi) is 3.18. The van der Waals surface area contributed by atoms with Crippen molar-refractivity contribution in [2.75, 3.05) is 0 Å². The lowest BCUT2D eigenvalue weighted by Gasteiger charge is -2.00. The minimum atomic E-state index is 0.237. The maximum absolute atomic E-state index is 5.74. The van der Waals surface area contributed by atoms with Gasteiger partial charge in [0.1, 0.15) is 5.82 Å².